The van der Waals surface area contributed by atoms with Crippen LogP contribution in [0.25, 0.3) is 0 Å². The molecule has 118 valence electrons. The van der Waals surface area contributed by atoms with Crippen molar-refractivity contribution in [1.82, 2.24) is 14.7 Å². The molecular formula is C15H18ClN3OS2. The van der Waals surface area contributed by atoms with Crippen LogP contribution in [0.15, 0.2) is 45.3 Å². The number of halogens is 1. The van der Waals surface area contributed by atoms with Crippen LogP contribution >= 0.6 is 35.1 Å². The van der Waals surface area contributed by atoms with Crippen LogP contribution in [0.5, 0.6) is 0 Å². The highest BCUT2D eigenvalue weighted by atomic mass is 35.5. The third-order valence-corrected chi connectivity index (χ3v) is 5.22. The lowest BCUT2D eigenvalue weighted by molar-refractivity contribution is 0.201. The van der Waals surface area contributed by atoms with E-state index in [1.807, 2.05) is 32.2 Å². The Balaban J connectivity index is 2.21. The molecule has 0 aliphatic heterocycles. The second-order valence-corrected chi connectivity index (χ2v) is 6.81. The van der Waals surface area contributed by atoms with Crippen LogP contribution in [-0.2, 0) is 0 Å². The zero-order valence-corrected chi connectivity index (χ0v) is 15.1. The van der Waals surface area contributed by atoms with Crippen molar-refractivity contribution in [3.63, 3.8) is 0 Å². The van der Waals surface area contributed by atoms with Crippen molar-refractivity contribution >= 4 is 41.2 Å². The first-order chi connectivity index (χ1) is 10.6. The summed E-state index contributed by atoms with van der Waals surface area (Å²) in [5.41, 5.74) is 0. The smallest absolute Gasteiger partial charge is 0.323 e. The molecule has 0 aliphatic rings. The van der Waals surface area contributed by atoms with Crippen LogP contribution in [-0.4, -0.2) is 40.1 Å². The molecule has 0 saturated carbocycles. The molecule has 1 aromatic heterocycles. The van der Waals surface area contributed by atoms with Crippen molar-refractivity contribution < 1.29 is 4.79 Å². The van der Waals surface area contributed by atoms with E-state index in [2.05, 4.69) is 17.2 Å². The Hall–Kier alpha value is -1.11. The van der Waals surface area contributed by atoms with Crippen molar-refractivity contribution in [3.05, 3.63) is 35.5 Å². The number of amides is 1. The van der Waals surface area contributed by atoms with Gasteiger partial charge in [0.2, 0.25) is 0 Å². The van der Waals surface area contributed by atoms with E-state index in [1.165, 1.54) is 21.3 Å². The van der Waals surface area contributed by atoms with E-state index in [0.717, 1.165) is 4.90 Å². The summed E-state index contributed by atoms with van der Waals surface area (Å²) in [5, 5.41) is 5.45. The second kappa shape index (κ2) is 7.94. The average molecular weight is 356 g/mol. The standard InChI is InChI=1S/C15H18ClN3OS2/c1-4-18(5-2)15(20)19-10-13(16)14(17-19)22-12-8-6-7-11(9-12)21-3/h6-10H,4-5H2,1-3H3. The van der Waals surface area contributed by atoms with Crippen LogP contribution in [0.3, 0.4) is 0 Å². The van der Waals surface area contributed by atoms with Gasteiger partial charge in [-0.25, -0.2) is 4.79 Å². The number of rotatable bonds is 5. The van der Waals surface area contributed by atoms with Gasteiger partial charge in [-0.2, -0.15) is 9.78 Å². The van der Waals surface area contributed by atoms with Crippen LogP contribution in [0.4, 0.5) is 4.79 Å². The van der Waals surface area contributed by atoms with Crippen molar-refractivity contribution in [2.75, 3.05) is 19.3 Å². The number of carbonyl (C=O) groups excluding carboxylic acids is 1. The molecule has 1 heterocycles. The van der Waals surface area contributed by atoms with E-state index < -0.39 is 0 Å². The largest absolute Gasteiger partial charge is 0.344 e. The number of thioether (sulfide) groups is 1. The van der Waals surface area contributed by atoms with Gasteiger partial charge in [-0.05, 0) is 38.3 Å². The first kappa shape index (κ1) is 17.2. The van der Waals surface area contributed by atoms with Gasteiger partial charge in [0.1, 0.15) is 5.03 Å². The minimum absolute atomic E-state index is 0.156. The highest BCUT2D eigenvalue weighted by Gasteiger charge is 2.17. The molecule has 0 saturated heterocycles. The van der Waals surface area contributed by atoms with Crippen LogP contribution < -0.4 is 0 Å². The number of aromatic nitrogens is 2. The molecule has 0 fully saturated rings. The quantitative estimate of drug-likeness (QED) is 0.727. The Kier molecular flexibility index (Phi) is 6.23. The number of nitrogens with zero attached hydrogens (tertiary/aromatic N) is 3. The summed E-state index contributed by atoms with van der Waals surface area (Å²) < 4.78 is 1.32. The molecule has 2 aromatic rings. The second-order valence-electron chi connectivity index (χ2n) is 4.46. The van der Waals surface area contributed by atoms with Gasteiger partial charge in [-0.1, -0.05) is 29.4 Å². The van der Waals surface area contributed by atoms with Gasteiger partial charge in [-0.15, -0.1) is 11.8 Å². The summed E-state index contributed by atoms with van der Waals surface area (Å²) in [4.78, 5) is 16.2. The minimum Gasteiger partial charge on any atom is -0.323 e. The molecule has 0 N–H and O–H groups in total. The maximum atomic E-state index is 12.3. The monoisotopic (exact) mass is 355 g/mol. The fraction of sp³-hybridized carbons (Fsp3) is 0.333. The first-order valence-electron chi connectivity index (χ1n) is 6.95. The topological polar surface area (TPSA) is 38.1 Å². The molecule has 0 unspecified atom stereocenters. The SMILES string of the molecule is CCN(CC)C(=O)n1cc(Cl)c(Sc2cccc(SC)c2)n1. The summed E-state index contributed by atoms with van der Waals surface area (Å²) >= 11 is 9.37. The fourth-order valence-corrected chi connectivity index (χ4v) is 3.53. The summed E-state index contributed by atoms with van der Waals surface area (Å²) in [6.07, 6.45) is 3.61. The minimum atomic E-state index is -0.156. The molecule has 22 heavy (non-hydrogen) atoms. The van der Waals surface area contributed by atoms with E-state index in [1.54, 1.807) is 22.9 Å². The summed E-state index contributed by atoms with van der Waals surface area (Å²) in [5.74, 6) is 0. The van der Waals surface area contributed by atoms with Gasteiger partial charge < -0.3 is 4.90 Å². The lowest BCUT2D eigenvalue weighted by Gasteiger charge is -2.17. The average Bonchev–Trinajstić information content (AvgIpc) is 2.89. The Morgan fingerprint density at radius 3 is 2.64 bits per heavy atom. The highest BCUT2D eigenvalue weighted by Crippen LogP contribution is 2.33. The number of hydrogen-bond donors (Lipinski definition) is 0. The highest BCUT2D eigenvalue weighted by molar-refractivity contribution is 7.99. The first-order valence-corrected chi connectivity index (χ1v) is 9.37. The van der Waals surface area contributed by atoms with Crippen molar-refractivity contribution in [2.24, 2.45) is 0 Å². The predicted octanol–water partition coefficient (Wildman–Crippen LogP) is 4.72. The number of benzene rings is 1. The summed E-state index contributed by atoms with van der Waals surface area (Å²) in [6, 6.07) is 7.98. The van der Waals surface area contributed by atoms with Gasteiger partial charge >= 0.3 is 6.03 Å². The fourth-order valence-electron chi connectivity index (χ4n) is 1.92. The normalized spacial score (nSPS) is 10.7. The molecular weight excluding hydrogens is 338 g/mol. The van der Waals surface area contributed by atoms with E-state index in [-0.39, 0.29) is 6.03 Å². The van der Waals surface area contributed by atoms with Crippen LogP contribution in [0.1, 0.15) is 13.8 Å². The number of hydrogen-bond acceptors (Lipinski definition) is 4. The molecule has 0 aliphatic carbocycles. The maximum absolute atomic E-state index is 12.3. The Morgan fingerprint density at radius 2 is 2.00 bits per heavy atom. The zero-order chi connectivity index (χ0) is 16.1. The zero-order valence-electron chi connectivity index (χ0n) is 12.7. The lowest BCUT2D eigenvalue weighted by atomic mass is 10.4. The third-order valence-electron chi connectivity index (χ3n) is 3.12. The number of carbonyl (C=O) groups is 1. The maximum Gasteiger partial charge on any atom is 0.344 e. The van der Waals surface area contributed by atoms with Crippen molar-refractivity contribution in [1.29, 1.82) is 0 Å². The Labute approximate surface area is 144 Å². The summed E-state index contributed by atoms with van der Waals surface area (Å²) in [7, 11) is 0. The Morgan fingerprint density at radius 1 is 1.32 bits per heavy atom. The molecule has 0 radical (unpaired) electrons. The van der Waals surface area contributed by atoms with E-state index in [4.69, 9.17) is 11.6 Å². The van der Waals surface area contributed by atoms with Crippen molar-refractivity contribution in [3.8, 4) is 0 Å². The lowest BCUT2D eigenvalue weighted by Crippen LogP contribution is -2.34. The van der Waals surface area contributed by atoms with Crippen LogP contribution in [0, 0.1) is 0 Å². The van der Waals surface area contributed by atoms with Gasteiger partial charge in [-0.3, -0.25) is 0 Å². The molecule has 0 bridgehead atoms. The van der Waals surface area contributed by atoms with Crippen molar-refractivity contribution in [2.45, 2.75) is 28.7 Å². The van der Waals surface area contributed by atoms with Gasteiger partial charge in [0.25, 0.3) is 0 Å². The summed E-state index contributed by atoms with van der Waals surface area (Å²) in [6.45, 7) is 5.17. The van der Waals surface area contributed by atoms with Crippen LogP contribution in [0.2, 0.25) is 5.02 Å². The molecule has 0 spiro atoms. The van der Waals surface area contributed by atoms with E-state index in [0.29, 0.717) is 23.1 Å². The molecule has 4 nitrogen and oxygen atoms in total. The third kappa shape index (κ3) is 4.00. The van der Waals surface area contributed by atoms with Gasteiger partial charge in [0, 0.05) is 22.9 Å². The molecule has 1 amide bonds. The van der Waals surface area contributed by atoms with Gasteiger partial charge in [0.05, 0.1) is 11.2 Å². The predicted molar refractivity (Wildman–Crippen MR) is 93.3 cm³/mol. The molecule has 0 atom stereocenters. The molecule has 2 rings (SSSR count). The Bertz CT molecular complexity index is 656. The molecule has 7 heteroatoms. The van der Waals surface area contributed by atoms with E-state index >= 15 is 0 Å². The molecule has 1 aromatic carbocycles. The van der Waals surface area contributed by atoms with E-state index in [9.17, 15) is 4.79 Å². The van der Waals surface area contributed by atoms with Gasteiger partial charge in [0.15, 0.2) is 0 Å².